The molecule has 0 saturated carbocycles. The fourth-order valence-corrected chi connectivity index (χ4v) is 3.14. The Labute approximate surface area is 127 Å². The molecule has 1 heterocycles. The molecule has 1 fully saturated rings. The van der Waals surface area contributed by atoms with Crippen molar-refractivity contribution in [2.75, 3.05) is 19.6 Å². The Bertz CT molecular complexity index is 456. The Hall–Kier alpha value is -1.26. The number of nitrogens with one attached hydrogen (secondary N) is 1. The number of nitrogens with zero attached hydrogens (tertiary/aromatic N) is 1. The molecule has 2 unspecified atom stereocenters. The summed E-state index contributed by atoms with van der Waals surface area (Å²) in [5, 5.41) is 23.1. The standard InChI is InChI=1S/C17H28N2O2/c1-12(2)10-19(11-14-5-4-8-18-14)13(3)16-7-6-15(20)9-17(16)21/h6-7,9,12-14,18,20-21H,4-5,8,10-11H2,1-3H3. The Morgan fingerprint density at radius 3 is 2.62 bits per heavy atom. The van der Waals surface area contributed by atoms with Crippen LogP contribution in [0.4, 0.5) is 0 Å². The first-order valence-corrected chi connectivity index (χ1v) is 7.96. The number of phenolic OH excluding ortho intramolecular Hbond substituents is 2. The van der Waals surface area contributed by atoms with Crippen molar-refractivity contribution < 1.29 is 10.2 Å². The number of benzene rings is 1. The summed E-state index contributed by atoms with van der Waals surface area (Å²) in [4.78, 5) is 2.43. The molecule has 4 nitrogen and oxygen atoms in total. The van der Waals surface area contributed by atoms with Crippen molar-refractivity contribution in [1.82, 2.24) is 10.2 Å². The van der Waals surface area contributed by atoms with Gasteiger partial charge in [-0.25, -0.2) is 0 Å². The zero-order chi connectivity index (χ0) is 15.4. The second-order valence-corrected chi connectivity index (χ2v) is 6.56. The zero-order valence-electron chi connectivity index (χ0n) is 13.3. The van der Waals surface area contributed by atoms with Crippen LogP contribution in [0.3, 0.4) is 0 Å². The molecule has 1 aliphatic heterocycles. The summed E-state index contributed by atoms with van der Waals surface area (Å²) >= 11 is 0. The van der Waals surface area contributed by atoms with E-state index in [0.717, 1.165) is 25.2 Å². The van der Waals surface area contributed by atoms with Gasteiger partial charge in [-0.3, -0.25) is 4.90 Å². The molecular formula is C17H28N2O2. The predicted molar refractivity (Wildman–Crippen MR) is 85.6 cm³/mol. The van der Waals surface area contributed by atoms with E-state index in [1.54, 1.807) is 6.07 Å². The Morgan fingerprint density at radius 2 is 2.05 bits per heavy atom. The van der Waals surface area contributed by atoms with E-state index in [1.807, 2.05) is 6.07 Å². The first-order chi connectivity index (χ1) is 9.97. The van der Waals surface area contributed by atoms with Gasteiger partial charge in [0.25, 0.3) is 0 Å². The molecule has 21 heavy (non-hydrogen) atoms. The third-order valence-electron chi connectivity index (χ3n) is 4.23. The minimum atomic E-state index is 0.108. The van der Waals surface area contributed by atoms with Gasteiger partial charge in [0.05, 0.1) is 0 Å². The number of aromatic hydroxyl groups is 2. The maximum atomic E-state index is 10.1. The van der Waals surface area contributed by atoms with Crippen molar-refractivity contribution >= 4 is 0 Å². The minimum Gasteiger partial charge on any atom is -0.508 e. The van der Waals surface area contributed by atoms with Crippen LogP contribution < -0.4 is 5.32 Å². The van der Waals surface area contributed by atoms with Gasteiger partial charge in [-0.2, -0.15) is 0 Å². The molecule has 2 rings (SSSR count). The number of rotatable bonds is 6. The summed E-state index contributed by atoms with van der Waals surface area (Å²) in [5.74, 6) is 0.861. The maximum Gasteiger partial charge on any atom is 0.124 e. The van der Waals surface area contributed by atoms with Crippen molar-refractivity contribution in [2.24, 2.45) is 5.92 Å². The topological polar surface area (TPSA) is 55.7 Å². The van der Waals surface area contributed by atoms with Crippen molar-refractivity contribution in [1.29, 1.82) is 0 Å². The molecule has 0 bridgehead atoms. The Morgan fingerprint density at radius 1 is 1.29 bits per heavy atom. The first kappa shape index (κ1) is 16.1. The largest absolute Gasteiger partial charge is 0.508 e. The number of phenols is 2. The van der Waals surface area contributed by atoms with Gasteiger partial charge < -0.3 is 15.5 Å². The van der Waals surface area contributed by atoms with E-state index in [1.165, 1.54) is 18.9 Å². The van der Waals surface area contributed by atoms with Crippen LogP contribution in [0.2, 0.25) is 0 Å². The lowest BCUT2D eigenvalue weighted by Crippen LogP contribution is -2.40. The molecule has 0 aliphatic carbocycles. The molecule has 1 aromatic carbocycles. The monoisotopic (exact) mass is 292 g/mol. The summed E-state index contributed by atoms with van der Waals surface area (Å²) < 4.78 is 0. The van der Waals surface area contributed by atoms with Gasteiger partial charge in [0.15, 0.2) is 0 Å². The van der Waals surface area contributed by atoms with Crippen molar-refractivity contribution in [3.8, 4) is 11.5 Å². The molecule has 1 saturated heterocycles. The zero-order valence-corrected chi connectivity index (χ0v) is 13.3. The van der Waals surface area contributed by atoms with Gasteiger partial charge >= 0.3 is 0 Å². The van der Waals surface area contributed by atoms with E-state index in [2.05, 4.69) is 31.0 Å². The summed E-state index contributed by atoms with van der Waals surface area (Å²) in [6.07, 6.45) is 2.47. The van der Waals surface area contributed by atoms with Crippen molar-refractivity contribution in [2.45, 2.75) is 45.7 Å². The number of hydrogen-bond donors (Lipinski definition) is 3. The van der Waals surface area contributed by atoms with E-state index in [-0.39, 0.29) is 17.5 Å². The van der Waals surface area contributed by atoms with Crippen LogP contribution in [-0.4, -0.2) is 40.8 Å². The fraction of sp³-hybridized carbons (Fsp3) is 0.647. The third-order valence-corrected chi connectivity index (χ3v) is 4.23. The fourth-order valence-electron chi connectivity index (χ4n) is 3.14. The quantitative estimate of drug-likeness (QED) is 0.754. The van der Waals surface area contributed by atoms with Crippen LogP contribution in [0.25, 0.3) is 0 Å². The van der Waals surface area contributed by atoms with Crippen LogP contribution in [0.15, 0.2) is 18.2 Å². The van der Waals surface area contributed by atoms with Crippen LogP contribution in [0.5, 0.6) is 11.5 Å². The summed E-state index contributed by atoms with van der Waals surface area (Å²) in [6.45, 7) is 9.68. The predicted octanol–water partition coefficient (Wildman–Crippen LogP) is 2.87. The minimum absolute atomic E-state index is 0.108. The van der Waals surface area contributed by atoms with Gasteiger partial charge in [-0.05, 0) is 38.3 Å². The van der Waals surface area contributed by atoms with E-state index < -0.39 is 0 Å². The van der Waals surface area contributed by atoms with Crippen molar-refractivity contribution in [3.05, 3.63) is 23.8 Å². The smallest absolute Gasteiger partial charge is 0.124 e. The van der Waals surface area contributed by atoms with Crippen LogP contribution >= 0.6 is 0 Å². The van der Waals surface area contributed by atoms with Gasteiger partial charge in [-0.15, -0.1) is 0 Å². The normalized spacial score (nSPS) is 20.3. The Kier molecular flexibility index (Phi) is 5.48. The van der Waals surface area contributed by atoms with E-state index in [0.29, 0.717) is 12.0 Å². The second kappa shape index (κ2) is 7.14. The molecule has 2 atom stereocenters. The van der Waals surface area contributed by atoms with Gasteiger partial charge in [0.2, 0.25) is 0 Å². The highest BCUT2D eigenvalue weighted by Crippen LogP contribution is 2.32. The average Bonchev–Trinajstić information content (AvgIpc) is 2.89. The van der Waals surface area contributed by atoms with Crippen LogP contribution in [0, 0.1) is 5.92 Å². The molecule has 118 valence electrons. The first-order valence-electron chi connectivity index (χ1n) is 7.96. The highest BCUT2D eigenvalue weighted by atomic mass is 16.3. The number of hydrogen-bond acceptors (Lipinski definition) is 4. The molecule has 0 spiro atoms. The molecule has 1 aliphatic rings. The molecule has 1 aromatic rings. The lowest BCUT2D eigenvalue weighted by Gasteiger charge is -2.33. The maximum absolute atomic E-state index is 10.1. The average molecular weight is 292 g/mol. The summed E-state index contributed by atoms with van der Waals surface area (Å²) in [6, 6.07) is 5.58. The highest BCUT2D eigenvalue weighted by Gasteiger charge is 2.24. The second-order valence-electron chi connectivity index (χ2n) is 6.56. The molecular weight excluding hydrogens is 264 g/mol. The molecule has 0 aromatic heterocycles. The van der Waals surface area contributed by atoms with Crippen molar-refractivity contribution in [3.63, 3.8) is 0 Å². The van der Waals surface area contributed by atoms with Crippen LogP contribution in [-0.2, 0) is 0 Å². The lowest BCUT2D eigenvalue weighted by molar-refractivity contribution is 0.169. The molecule has 0 amide bonds. The molecule has 4 heteroatoms. The van der Waals surface area contributed by atoms with E-state index >= 15 is 0 Å². The molecule has 0 radical (unpaired) electrons. The third kappa shape index (κ3) is 4.35. The van der Waals surface area contributed by atoms with Gasteiger partial charge in [0.1, 0.15) is 11.5 Å². The van der Waals surface area contributed by atoms with Crippen LogP contribution in [0.1, 0.15) is 45.2 Å². The summed E-state index contributed by atoms with van der Waals surface area (Å²) in [5.41, 5.74) is 0.881. The highest BCUT2D eigenvalue weighted by molar-refractivity contribution is 5.40. The van der Waals surface area contributed by atoms with Gasteiger partial charge in [-0.1, -0.05) is 19.9 Å². The van der Waals surface area contributed by atoms with Gasteiger partial charge in [0, 0.05) is 36.8 Å². The van der Waals surface area contributed by atoms with E-state index in [4.69, 9.17) is 0 Å². The lowest BCUT2D eigenvalue weighted by atomic mass is 10.0. The SMILES string of the molecule is CC(C)CN(CC1CCCN1)C(C)c1ccc(O)cc1O. The van der Waals surface area contributed by atoms with E-state index in [9.17, 15) is 10.2 Å². The summed E-state index contributed by atoms with van der Waals surface area (Å²) in [7, 11) is 0. The Balaban J connectivity index is 2.13. The molecule has 3 N–H and O–H groups in total.